The lowest BCUT2D eigenvalue weighted by Gasteiger charge is -2.35. The Hall–Kier alpha value is -2.38. The van der Waals surface area contributed by atoms with E-state index in [4.69, 9.17) is 4.74 Å². The van der Waals surface area contributed by atoms with Crippen molar-refractivity contribution < 1.29 is 19.4 Å². The Morgan fingerprint density at radius 2 is 1.86 bits per heavy atom. The van der Waals surface area contributed by atoms with Gasteiger partial charge < -0.3 is 20.1 Å². The van der Waals surface area contributed by atoms with Crippen molar-refractivity contribution >= 4 is 39.2 Å². The number of benzene rings is 2. The van der Waals surface area contributed by atoms with E-state index in [1.807, 2.05) is 44.2 Å². The molecule has 1 aliphatic heterocycles. The van der Waals surface area contributed by atoms with Crippen molar-refractivity contribution in [3.05, 3.63) is 58.6 Å². The molecule has 1 aliphatic rings. The number of carbonyl (C=O) groups excluding carboxylic acids is 2. The molecular formula is C21H23BrN2O4. The molecule has 148 valence electrons. The number of halogens is 1. The number of amides is 1. The second kappa shape index (κ2) is 7.93. The van der Waals surface area contributed by atoms with Crippen LogP contribution < -0.4 is 10.2 Å². The van der Waals surface area contributed by atoms with E-state index in [1.54, 1.807) is 30.0 Å². The monoisotopic (exact) mass is 446 g/mol. The molecule has 0 fully saturated rings. The minimum Gasteiger partial charge on any atom is -0.464 e. The first-order valence-corrected chi connectivity index (χ1v) is 9.94. The fourth-order valence-electron chi connectivity index (χ4n) is 3.57. The maximum absolute atomic E-state index is 13.7. The lowest BCUT2D eigenvalue weighted by Crippen LogP contribution is -2.58. The summed E-state index contributed by atoms with van der Waals surface area (Å²) in [6, 6.07) is 14.3. The molecule has 0 saturated carbocycles. The van der Waals surface area contributed by atoms with Crippen LogP contribution in [0.4, 0.5) is 11.4 Å². The molecule has 0 bridgehead atoms. The number of rotatable bonds is 6. The van der Waals surface area contributed by atoms with Crippen molar-refractivity contribution in [1.29, 1.82) is 0 Å². The van der Waals surface area contributed by atoms with Crippen molar-refractivity contribution in [2.75, 3.05) is 16.8 Å². The van der Waals surface area contributed by atoms with Gasteiger partial charge in [-0.2, -0.15) is 0 Å². The third kappa shape index (κ3) is 3.18. The van der Waals surface area contributed by atoms with Crippen LogP contribution in [0.2, 0.25) is 0 Å². The van der Waals surface area contributed by atoms with Gasteiger partial charge in [-0.25, -0.2) is 4.79 Å². The predicted molar refractivity (Wildman–Crippen MR) is 111 cm³/mol. The van der Waals surface area contributed by atoms with E-state index < -0.39 is 23.5 Å². The van der Waals surface area contributed by atoms with Gasteiger partial charge in [0.05, 0.1) is 12.3 Å². The minimum absolute atomic E-state index is 0.102. The summed E-state index contributed by atoms with van der Waals surface area (Å²) in [5.74, 6) is -1.25. The molecule has 2 aromatic rings. The van der Waals surface area contributed by atoms with Crippen LogP contribution in [0.5, 0.6) is 0 Å². The second-order valence-electron chi connectivity index (χ2n) is 6.85. The summed E-state index contributed by atoms with van der Waals surface area (Å²) in [4.78, 5) is 27.8. The number of hydrogen-bond donors (Lipinski definition) is 2. The molecule has 1 amide bonds. The van der Waals surface area contributed by atoms with Gasteiger partial charge in [0.15, 0.2) is 11.6 Å². The highest BCUT2D eigenvalue weighted by Crippen LogP contribution is 2.46. The van der Waals surface area contributed by atoms with Crippen molar-refractivity contribution in [3.8, 4) is 0 Å². The first-order chi connectivity index (χ1) is 13.3. The maximum Gasteiger partial charge on any atom is 0.338 e. The molecule has 2 aromatic carbocycles. The number of anilines is 2. The van der Waals surface area contributed by atoms with E-state index in [-0.39, 0.29) is 12.6 Å². The summed E-state index contributed by atoms with van der Waals surface area (Å²) in [5, 5.41) is 14.2. The summed E-state index contributed by atoms with van der Waals surface area (Å²) < 4.78 is 5.76. The van der Waals surface area contributed by atoms with E-state index >= 15 is 0 Å². The maximum atomic E-state index is 13.7. The molecule has 3 rings (SSSR count). The number of aliphatic hydroxyl groups is 1. The standard InChI is InChI=1S/C21H23BrN2O4/c1-4-28-19(26)18(25)21(23-16-11-7-6-10-15(16)22)14-9-5-8-12-17(14)24(13(2)3)20(21)27/h5-13,18,23,25H,4H2,1-3H3/t18-,21+/m1/s1. The van der Waals surface area contributed by atoms with Gasteiger partial charge >= 0.3 is 5.97 Å². The average Bonchev–Trinajstić information content (AvgIpc) is 2.92. The Bertz CT molecular complexity index is 901. The minimum atomic E-state index is -1.73. The van der Waals surface area contributed by atoms with Gasteiger partial charge in [0.25, 0.3) is 5.91 Å². The van der Waals surface area contributed by atoms with Crippen molar-refractivity contribution in [2.45, 2.75) is 38.5 Å². The smallest absolute Gasteiger partial charge is 0.338 e. The third-order valence-corrected chi connectivity index (χ3v) is 5.48. The first kappa shape index (κ1) is 20.4. The Morgan fingerprint density at radius 1 is 1.21 bits per heavy atom. The van der Waals surface area contributed by atoms with Gasteiger partial charge in [0.2, 0.25) is 0 Å². The summed E-state index contributed by atoms with van der Waals surface area (Å²) >= 11 is 3.46. The number of nitrogens with one attached hydrogen (secondary N) is 1. The molecule has 6 nitrogen and oxygen atoms in total. The van der Waals surface area contributed by atoms with Gasteiger partial charge in [-0.15, -0.1) is 0 Å². The largest absolute Gasteiger partial charge is 0.464 e. The molecule has 0 unspecified atom stereocenters. The number of para-hydroxylation sites is 2. The number of fused-ring (bicyclic) bond motifs is 1. The van der Waals surface area contributed by atoms with E-state index in [0.717, 1.165) is 0 Å². The molecule has 0 aliphatic carbocycles. The fraction of sp³-hybridized carbons (Fsp3) is 0.333. The highest BCUT2D eigenvalue weighted by atomic mass is 79.9. The molecule has 28 heavy (non-hydrogen) atoms. The van der Waals surface area contributed by atoms with Crippen molar-refractivity contribution in [3.63, 3.8) is 0 Å². The van der Waals surface area contributed by atoms with Gasteiger partial charge in [-0.3, -0.25) is 4.79 Å². The molecule has 7 heteroatoms. The van der Waals surface area contributed by atoms with Crippen LogP contribution in [0.25, 0.3) is 0 Å². The number of esters is 1. The Kier molecular flexibility index (Phi) is 5.76. The number of nitrogens with zero attached hydrogens (tertiary/aromatic N) is 1. The molecule has 1 heterocycles. The lowest BCUT2D eigenvalue weighted by atomic mass is 9.84. The zero-order valence-electron chi connectivity index (χ0n) is 16.0. The first-order valence-electron chi connectivity index (χ1n) is 9.15. The fourth-order valence-corrected chi connectivity index (χ4v) is 3.95. The summed E-state index contributed by atoms with van der Waals surface area (Å²) in [5.41, 5.74) is 0.0757. The normalized spacial score (nSPS) is 19.5. The SMILES string of the molecule is CCOC(=O)[C@@H](O)[C@]1(Nc2ccccc2Br)C(=O)N(C(C)C)c2ccccc21. The quantitative estimate of drug-likeness (QED) is 0.664. The third-order valence-electron chi connectivity index (χ3n) is 4.79. The van der Waals surface area contributed by atoms with Crippen LogP contribution in [-0.2, 0) is 19.9 Å². The van der Waals surface area contributed by atoms with Gasteiger partial charge in [0, 0.05) is 21.8 Å². The molecule has 0 aromatic heterocycles. The molecule has 0 radical (unpaired) electrons. The van der Waals surface area contributed by atoms with E-state index in [1.165, 1.54) is 0 Å². The Morgan fingerprint density at radius 3 is 2.50 bits per heavy atom. The molecule has 2 N–H and O–H groups in total. The highest BCUT2D eigenvalue weighted by molar-refractivity contribution is 9.10. The van der Waals surface area contributed by atoms with Crippen LogP contribution in [0.15, 0.2) is 53.0 Å². The summed E-state index contributed by atoms with van der Waals surface area (Å²) in [6.45, 7) is 5.54. The van der Waals surface area contributed by atoms with Crippen LogP contribution in [0.3, 0.4) is 0 Å². The van der Waals surface area contributed by atoms with Gasteiger partial charge in [-0.1, -0.05) is 30.3 Å². The van der Waals surface area contributed by atoms with E-state index in [2.05, 4.69) is 21.2 Å². The van der Waals surface area contributed by atoms with Crippen LogP contribution in [0.1, 0.15) is 26.3 Å². The van der Waals surface area contributed by atoms with Gasteiger partial charge in [0.1, 0.15) is 0 Å². The zero-order chi connectivity index (χ0) is 20.5. The zero-order valence-corrected chi connectivity index (χ0v) is 17.6. The number of aliphatic hydroxyl groups excluding tert-OH is 1. The van der Waals surface area contributed by atoms with E-state index in [0.29, 0.717) is 21.4 Å². The number of ether oxygens (including phenoxy) is 1. The predicted octanol–water partition coefficient (Wildman–Crippen LogP) is 3.44. The lowest BCUT2D eigenvalue weighted by molar-refractivity contribution is -0.159. The molecule has 0 spiro atoms. The van der Waals surface area contributed by atoms with Crippen molar-refractivity contribution in [1.82, 2.24) is 0 Å². The van der Waals surface area contributed by atoms with Crippen LogP contribution in [-0.4, -0.2) is 35.7 Å². The molecule has 2 atom stereocenters. The Balaban J connectivity index is 2.23. The summed E-state index contributed by atoms with van der Waals surface area (Å²) in [7, 11) is 0. The summed E-state index contributed by atoms with van der Waals surface area (Å²) in [6.07, 6.45) is -1.73. The van der Waals surface area contributed by atoms with Gasteiger partial charge in [-0.05, 0) is 54.9 Å². The molecular weight excluding hydrogens is 424 g/mol. The van der Waals surface area contributed by atoms with Crippen molar-refractivity contribution in [2.24, 2.45) is 0 Å². The van der Waals surface area contributed by atoms with Crippen LogP contribution in [0, 0.1) is 0 Å². The van der Waals surface area contributed by atoms with E-state index in [9.17, 15) is 14.7 Å². The average molecular weight is 447 g/mol. The Labute approximate surface area is 172 Å². The second-order valence-corrected chi connectivity index (χ2v) is 7.71. The number of hydrogen-bond acceptors (Lipinski definition) is 5. The highest BCUT2D eigenvalue weighted by Gasteiger charge is 2.59. The molecule has 0 saturated heterocycles. The topological polar surface area (TPSA) is 78.9 Å². The van der Waals surface area contributed by atoms with Crippen LogP contribution >= 0.6 is 15.9 Å². The number of carbonyl (C=O) groups is 2.